The molecule has 0 heterocycles. The standard InChI is InChI=1S/C9H10O.C2H6.CH3NO2/c1-8(10)7-9-5-3-2-4-6-9;1-2;1-2(3)4/h2-6H,7H2,1H3;1-2H3;1H3. The van der Waals surface area contributed by atoms with Crippen LogP contribution in [-0.2, 0) is 11.2 Å². The predicted octanol–water partition coefficient (Wildman–Crippen LogP) is 2.74. The van der Waals surface area contributed by atoms with Gasteiger partial charge in [-0.1, -0.05) is 44.2 Å². The predicted molar refractivity (Wildman–Crippen MR) is 65.1 cm³/mol. The molecule has 0 aliphatic rings. The molecule has 1 aromatic carbocycles. The Bertz CT molecular complexity index is 292. The van der Waals surface area contributed by atoms with Crippen molar-refractivity contribution in [3.63, 3.8) is 0 Å². The van der Waals surface area contributed by atoms with Gasteiger partial charge in [-0.25, -0.2) is 0 Å². The maximum absolute atomic E-state index is 10.6. The van der Waals surface area contributed by atoms with E-state index in [2.05, 4.69) is 0 Å². The number of hydrogen-bond donors (Lipinski definition) is 0. The smallest absolute Gasteiger partial charge is 0.194 e. The molecule has 16 heavy (non-hydrogen) atoms. The molecule has 0 N–H and O–H groups in total. The van der Waals surface area contributed by atoms with Crippen molar-refractivity contribution >= 4 is 5.78 Å². The number of Topliss-reactive ketones (excluding diaryl/α,β-unsaturated/α-hetero) is 1. The lowest BCUT2D eigenvalue weighted by Gasteiger charge is -1.93. The maximum Gasteiger partial charge on any atom is 0.194 e. The molecule has 1 aromatic rings. The largest absolute Gasteiger partial charge is 0.300 e. The number of carbonyl (C=O) groups excluding carboxylic acids is 1. The molecule has 0 fully saturated rings. The van der Waals surface area contributed by atoms with Crippen LogP contribution in [0.2, 0.25) is 0 Å². The molecule has 90 valence electrons. The molecule has 0 bridgehead atoms. The highest BCUT2D eigenvalue weighted by atomic mass is 16.6. The van der Waals surface area contributed by atoms with Crippen LogP contribution in [0.5, 0.6) is 0 Å². The highest BCUT2D eigenvalue weighted by Crippen LogP contribution is 1.98. The summed E-state index contributed by atoms with van der Waals surface area (Å²) in [6.07, 6.45) is 0.556. The summed E-state index contributed by atoms with van der Waals surface area (Å²) in [7, 11) is 0.889. The molecule has 0 spiro atoms. The van der Waals surface area contributed by atoms with Crippen LogP contribution in [-0.4, -0.2) is 17.8 Å². The topological polar surface area (TPSA) is 60.2 Å². The molecule has 0 aliphatic heterocycles. The van der Waals surface area contributed by atoms with Crippen LogP contribution in [0.25, 0.3) is 0 Å². The van der Waals surface area contributed by atoms with E-state index in [9.17, 15) is 4.79 Å². The molecule has 0 amide bonds. The minimum absolute atomic E-state index is 0.214. The average Bonchev–Trinajstić information content (AvgIpc) is 2.20. The molecule has 1 rings (SSSR count). The second-order valence-electron chi connectivity index (χ2n) is 2.80. The van der Waals surface area contributed by atoms with E-state index in [0.717, 1.165) is 12.6 Å². The molecule has 0 atom stereocenters. The molecule has 4 heteroatoms. The van der Waals surface area contributed by atoms with Gasteiger partial charge in [0.1, 0.15) is 5.78 Å². The van der Waals surface area contributed by atoms with Crippen molar-refractivity contribution in [1.29, 1.82) is 0 Å². The first-order chi connectivity index (χ1) is 7.52. The van der Waals surface area contributed by atoms with Gasteiger partial charge in [0.05, 0.1) is 0 Å². The average molecular weight is 225 g/mol. The lowest BCUT2D eigenvalue weighted by atomic mass is 10.1. The third kappa shape index (κ3) is 14.8. The van der Waals surface area contributed by atoms with E-state index in [1.54, 1.807) is 6.92 Å². The van der Waals surface area contributed by atoms with E-state index in [-0.39, 0.29) is 5.78 Å². The summed E-state index contributed by atoms with van der Waals surface area (Å²) in [5.74, 6) is 0.214. The minimum atomic E-state index is -0.500. The van der Waals surface area contributed by atoms with Crippen molar-refractivity contribution in [3.8, 4) is 0 Å². The van der Waals surface area contributed by atoms with Crippen LogP contribution in [0.15, 0.2) is 30.3 Å². The Morgan fingerprint density at radius 1 is 1.25 bits per heavy atom. The van der Waals surface area contributed by atoms with Gasteiger partial charge < -0.3 is 0 Å². The van der Waals surface area contributed by atoms with Crippen molar-refractivity contribution in [2.45, 2.75) is 27.2 Å². The zero-order chi connectivity index (χ0) is 13.0. The van der Waals surface area contributed by atoms with Crippen LogP contribution in [0.3, 0.4) is 0 Å². The number of ketones is 1. The van der Waals surface area contributed by atoms with Crippen LogP contribution in [0, 0.1) is 10.1 Å². The zero-order valence-corrected chi connectivity index (χ0v) is 10.3. The Hall–Kier alpha value is -1.71. The van der Waals surface area contributed by atoms with E-state index in [1.807, 2.05) is 44.2 Å². The first-order valence-electron chi connectivity index (χ1n) is 5.13. The summed E-state index contributed by atoms with van der Waals surface area (Å²) < 4.78 is 0. The maximum atomic E-state index is 10.6. The first kappa shape index (κ1) is 16.7. The van der Waals surface area contributed by atoms with Crippen molar-refractivity contribution in [3.05, 3.63) is 46.0 Å². The molecule has 0 aliphatic carbocycles. The van der Waals surface area contributed by atoms with E-state index < -0.39 is 4.92 Å². The van der Waals surface area contributed by atoms with Crippen molar-refractivity contribution in [2.75, 3.05) is 7.05 Å². The van der Waals surface area contributed by atoms with Gasteiger partial charge in [0.15, 0.2) is 7.05 Å². The third-order valence-electron chi connectivity index (χ3n) is 1.30. The number of carbonyl (C=O) groups is 1. The molecule has 0 aromatic heterocycles. The number of benzene rings is 1. The monoisotopic (exact) mass is 225 g/mol. The highest BCUT2D eigenvalue weighted by molar-refractivity contribution is 5.78. The highest BCUT2D eigenvalue weighted by Gasteiger charge is 1.93. The summed E-state index contributed by atoms with van der Waals surface area (Å²) in [6, 6.07) is 9.75. The molecule has 0 saturated heterocycles. The Morgan fingerprint density at radius 2 is 1.62 bits per heavy atom. The fraction of sp³-hybridized carbons (Fsp3) is 0.417. The zero-order valence-electron chi connectivity index (χ0n) is 10.3. The molecule has 4 nitrogen and oxygen atoms in total. The van der Waals surface area contributed by atoms with Crippen LogP contribution >= 0.6 is 0 Å². The van der Waals surface area contributed by atoms with Crippen LogP contribution < -0.4 is 0 Å². The Labute approximate surface area is 96.4 Å². The second kappa shape index (κ2) is 11.4. The van der Waals surface area contributed by atoms with E-state index in [1.165, 1.54) is 0 Å². The van der Waals surface area contributed by atoms with Crippen molar-refractivity contribution in [1.82, 2.24) is 0 Å². The molecular weight excluding hydrogens is 206 g/mol. The van der Waals surface area contributed by atoms with Gasteiger partial charge in [-0.2, -0.15) is 0 Å². The van der Waals surface area contributed by atoms with E-state index in [0.29, 0.717) is 6.42 Å². The third-order valence-corrected chi connectivity index (χ3v) is 1.30. The summed E-state index contributed by atoms with van der Waals surface area (Å²) in [5.41, 5.74) is 1.09. The van der Waals surface area contributed by atoms with Gasteiger partial charge in [-0.05, 0) is 12.5 Å². The number of nitro groups is 1. The van der Waals surface area contributed by atoms with Crippen LogP contribution in [0.4, 0.5) is 0 Å². The summed E-state index contributed by atoms with van der Waals surface area (Å²) >= 11 is 0. The van der Waals surface area contributed by atoms with Gasteiger partial charge >= 0.3 is 0 Å². The van der Waals surface area contributed by atoms with Crippen molar-refractivity contribution < 1.29 is 9.72 Å². The van der Waals surface area contributed by atoms with Gasteiger partial charge in [0.25, 0.3) is 0 Å². The molecule has 0 radical (unpaired) electrons. The van der Waals surface area contributed by atoms with Gasteiger partial charge in [-0.15, -0.1) is 0 Å². The quantitative estimate of drug-likeness (QED) is 0.574. The summed E-state index contributed by atoms with van der Waals surface area (Å²) in [4.78, 5) is 18.9. The Kier molecular flexibility index (Phi) is 11.9. The molecular formula is C12H19NO3. The van der Waals surface area contributed by atoms with Gasteiger partial charge in [-0.3, -0.25) is 14.9 Å². The normalized spacial score (nSPS) is 7.75. The van der Waals surface area contributed by atoms with Gasteiger partial charge in [0.2, 0.25) is 0 Å². The molecule has 0 saturated carbocycles. The van der Waals surface area contributed by atoms with Crippen LogP contribution in [0.1, 0.15) is 26.3 Å². The first-order valence-corrected chi connectivity index (χ1v) is 5.13. The SMILES string of the molecule is CC.CC(=O)Cc1ccccc1.C[N+](=O)[O-]. The number of nitrogens with zero attached hydrogens (tertiary/aromatic N) is 1. The van der Waals surface area contributed by atoms with Crippen molar-refractivity contribution in [2.24, 2.45) is 0 Å². The van der Waals surface area contributed by atoms with E-state index in [4.69, 9.17) is 10.1 Å². The van der Waals surface area contributed by atoms with E-state index >= 15 is 0 Å². The number of rotatable bonds is 2. The summed E-state index contributed by atoms with van der Waals surface area (Å²) in [6.45, 7) is 5.60. The lowest BCUT2D eigenvalue weighted by molar-refractivity contribution is -0.445. The van der Waals surface area contributed by atoms with Gasteiger partial charge in [0, 0.05) is 11.3 Å². The minimum Gasteiger partial charge on any atom is -0.300 e. The fourth-order valence-electron chi connectivity index (χ4n) is 0.883. The lowest BCUT2D eigenvalue weighted by Crippen LogP contribution is -1.94. The number of hydrogen-bond acceptors (Lipinski definition) is 3. The Balaban J connectivity index is 0. The second-order valence-corrected chi connectivity index (χ2v) is 2.80. The molecule has 0 unspecified atom stereocenters. The Morgan fingerprint density at radius 3 is 1.94 bits per heavy atom. The fourth-order valence-corrected chi connectivity index (χ4v) is 0.883. The summed E-state index contributed by atoms with van der Waals surface area (Å²) in [5, 5.41) is 8.81.